The van der Waals surface area contributed by atoms with Crippen LogP contribution in [0.2, 0.25) is 0 Å². The maximum Gasteiger partial charge on any atom is 0.407 e. The van der Waals surface area contributed by atoms with Crippen molar-refractivity contribution in [2.24, 2.45) is 0 Å². The van der Waals surface area contributed by atoms with Crippen molar-refractivity contribution in [3.63, 3.8) is 0 Å². The number of amides is 1. The van der Waals surface area contributed by atoms with E-state index in [9.17, 15) is 4.79 Å². The number of carbonyl (C=O) groups excluding carboxylic acids is 1. The zero-order chi connectivity index (χ0) is 14.3. The Morgan fingerprint density at radius 3 is 2.74 bits per heavy atom. The van der Waals surface area contributed by atoms with Crippen LogP contribution < -0.4 is 10.6 Å². The van der Waals surface area contributed by atoms with Gasteiger partial charge in [-0.25, -0.2) is 9.78 Å². The normalized spacial score (nSPS) is 11.4. The molecule has 0 spiro atoms. The van der Waals surface area contributed by atoms with Gasteiger partial charge < -0.3 is 15.4 Å². The predicted octanol–water partition coefficient (Wildman–Crippen LogP) is 2.46. The molecule has 0 saturated carbocycles. The number of hydrogen-bond acceptors (Lipinski definition) is 5. The topological polar surface area (TPSA) is 63.2 Å². The van der Waals surface area contributed by atoms with Crippen molar-refractivity contribution < 1.29 is 9.53 Å². The van der Waals surface area contributed by atoms with E-state index in [1.807, 2.05) is 33.2 Å². The summed E-state index contributed by atoms with van der Waals surface area (Å²) in [4.78, 5) is 16.8. The van der Waals surface area contributed by atoms with Crippen LogP contribution in [0.3, 0.4) is 0 Å². The molecular formula is C13H23N3O2S. The molecule has 108 valence electrons. The smallest absolute Gasteiger partial charge is 0.407 e. The molecule has 1 heterocycles. The Labute approximate surface area is 118 Å². The number of rotatable bonds is 6. The summed E-state index contributed by atoms with van der Waals surface area (Å²) < 4.78 is 5.14. The fourth-order valence-electron chi connectivity index (χ4n) is 1.42. The highest BCUT2D eigenvalue weighted by Gasteiger charge is 2.15. The van der Waals surface area contributed by atoms with Gasteiger partial charge in [0.25, 0.3) is 0 Å². The zero-order valence-corrected chi connectivity index (χ0v) is 12.9. The predicted molar refractivity (Wildman–Crippen MR) is 77.4 cm³/mol. The molecule has 1 amide bonds. The van der Waals surface area contributed by atoms with Crippen molar-refractivity contribution in [2.45, 2.75) is 46.3 Å². The van der Waals surface area contributed by atoms with Crippen molar-refractivity contribution in [1.82, 2.24) is 15.6 Å². The molecule has 19 heavy (non-hydrogen) atoms. The van der Waals surface area contributed by atoms with Crippen LogP contribution in [-0.2, 0) is 11.3 Å². The highest BCUT2D eigenvalue weighted by Crippen LogP contribution is 2.11. The van der Waals surface area contributed by atoms with Gasteiger partial charge in [0.1, 0.15) is 5.60 Å². The first-order valence-corrected chi connectivity index (χ1v) is 7.33. The molecule has 0 bridgehead atoms. The SMILES string of the molecule is Cc1ncsc1CNCCCNC(=O)OC(C)(C)C. The van der Waals surface area contributed by atoms with Gasteiger partial charge in [0.05, 0.1) is 11.2 Å². The quantitative estimate of drug-likeness (QED) is 0.788. The Balaban J connectivity index is 2.03. The number of nitrogens with zero attached hydrogens (tertiary/aromatic N) is 1. The summed E-state index contributed by atoms with van der Waals surface area (Å²) in [6.07, 6.45) is 0.516. The van der Waals surface area contributed by atoms with Gasteiger partial charge in [0.15, 0.2) is 0 Å². The first-order chi connectivity index (χ1) is 8.88. The third kappa shape index (κ3) is 7.12. The van der Waals surface area contributed by atoms with Crippen LogP contribution in [0, 0.1) is 6.92 Å². The molecule has 0 atom stereocenters. The third-order valence-corrected chi connectivity index (χ3v) is 3.26. The van der Waals surface area contributed by atoms with Crippen LogP contribution in [0.25, 0.3) is 0 Å². The molecule has 0 aliphatic rings. The van der Waals surface area contributed by atoms with Crippen molar-refractivity contribution in [2.75, 3.05) is 13.1 Å². The van der Waals surface area contributed by atoms with Crippen LogP contribution in [0.5, 0.6) is 0 Å². The van der Waals surface area contributed by atoms with Crippen LogP contribution in [-0.4, -0.2) is 29.8 Å². The maximum absolute atomic E-state index is 11.4. The number of aromatic nitrogens is 1. The summed E-state index contributed by atoms with van der Waals surface area (Å²) in [5.41, 5.74) is 2.51. The Bertz CT molecular complexity index is 399. The lowest BCUT2D eigenvalue weighted by Gasteiger charge is -2.19. The van der Waals surface area contributed by atoms with Gasteiger partial charge in [0.2, 0.25) is 0 Å². The Morgan fingerprint density at radius 1 is 1.42 bits per heavy atom. The first-order valence-electron chi connectivity index (χ1n) is 6.45. The van der Waals surface area contributed by atoms with E-state index < -0.39 is 5.60 Å². The standard InChI is InChI=1S/C13H23N3O2S/c1-10-11(19-9-16-10)8-14-6-5-7-15-12(17)18-13(2,3)4/h9,14H,5-8H2,1-4H3,(H,15,17). The molecule has 0 saturated heterocycles. The lowest BCUT2D eigenvalue weighted by Crippen LogP contribution is -2.33. The van der Waals surface area contributed by atoms with Gasteiger partial charge in [-0.15, -0.1) is 11.3 Å². The van der Waals surface area contributed by atoms with Gasteiger partial charge in [0, 0.05) is 18.0 Å². The Kier molecular flexibility index (Phi) is 6.24. The van der Waals surface area contributed by atoms with Gasteiger partial charge >= 0.3 is 6.09 Å². The fraction of sp³-hybridized carbons (Fsp3) is 0.692. The minimum absolute atomic E-state index is 0.356. The number of thiazole rings is 1. The second-order valence-corrected chi connectivity index (χ2v) is 6.26. The van der Waals surface area contributed by atoms with E-state index in [0.29, 0.717) is 6.54 Å². The molecule has 5 nitrogen and oxygen atoms in total. The average molecular weight is 285 g/mol. The van der Waals surface area contributed by atoms with E-state index in [4.69, 9.17) is 4.74 Å². The number of nitrogens with one attached hydrogen (secondary N) is 2. The molecular weight excluding hydrogens is 262 g/mol. The van der Waals surface area contributed by atoms with Crippen LogP contribution in [0.1, 0.15) is 37.8 Å². The lowest BCUT2D eigenvalue weighted by atomic mass is 10.2. The summed E-state index contributed by atoms with van der Waals surface area (Å²) >= 11 is 1.66. The van der Waals surface area contributed by atoms with Gasteiger partial charge in [-0.3, -0.25) is 0 Å². The van der Waals surface area contributed by atoms with E-state index in [-0.39, 0.29) is 6.09 Å². The van der Waals surface area contributed by atoms with Crippen molar-refractivity contribution >= 4 is 17.4 Å². The maximum atomic E-state index is 11.4. The third-order valence-electron chi connectivity index (χ3n) is 2.33. The molecule has 0 radical (unpaired) electrons. The minimum atomic E-state index is -0.438. The summed E-state index contributed by atoms with van der Waals surface area (Å²) in [6, 6.07) is 0. The molecule has 6 heteroatoms. The van der Waals surface area contributed by atoms with Crippen molar-refractivity contribution in [1.29, 1.82) is 0 Å². The zero-order valence-electron chi connectivity index (χ0n) is 12.1. The average Bonchev–Trinajstić information content (AvgIpc) is 2.67. The second kappa shape index (κ2) is 7.45. The molecule has 0 fully saturated rings. The van der Waals surface area contributed by atoms with E-state index in [2.05, 4.69) is 15.6 Å². The summed E-state index contributed by atoms with van der Waals surface area (Å²) in [6.45, 7) is 9.87. The lowest BCUT2D eigenvalue weighted by molar-refractivity contribution is 0.0527. The summed E-state index contributed by atoms with van der Waals surface area (Å²) in [5, 5.41) is 6.06. The highest BCUT2D eigenvalue weighted by molar-refractivity contribution is 7.09. The first kappa shape index (κ1) is 15.9. The van der Waals surface area contributed by atoms with Crippen LogP contribution in [0.4, 0.5) is 4.79 Å². The number of alkyl carbamates (subject to hydrolysis) is 1. The molecule has 0 unspecified atom stereocenters. The summed E-state index contributed by atoms with van der Waals surface area (Å²) in [7, 11) is 0. The molecule has 1 aromatic rings. The number of carbonyl (C=O) groups is 1. The molecule has 1 rings (SSSR count). The fourth-order valence-corrected chi connectivity index (χ4v) is 2.16. The van der Waals surface area contributed by atoms with Gasteiger partial charge in [-0.05, 0) is 40.7 Å². The molecule has 2 N–H and O–H groups in total. The monoisotopic (exact) mass is 285 g/mol. The molecule has 1 aromatic heterocycles. The van der Waals surface area contributed by atoms with E-state index >= 15 is 0 Å². The van der Waals surface area contributed by atoms with E-state index in [1.165, 1.54) is 4.88 Å². The molecule has 0 aliphatic carbocycles. The highest BCUT2D eigenvalue weighted by atomic mass is 32.1. The van der Waals surface area contributed by atoms with Gasteiger partial charge in [-0.1, -0.05) is 0 Å². The number of hydrogen-bond donors (Lipinski definition) is 2. The Hall–Kier alpha value is -1.14. The Morgan fingerprint density at radius 2 is 2.16 bits per heavy atom. The van der Waals surface area contributed by atoms with Crippen molar-refractivity contribution in [3.8, 4) is 0 Å². The largest absolute Gasteiger partial charge is 0.444 e. The minimum Gasteiger partial charge on any atom is -0.444 e. The van der Waals surface area contributed by atoms with E-state index in [1.54, 1.807) is 11.3 Å². The van der Waals surface area contributed by atoms with Crippen LogP contribution in [0.15, 0.2) is 5.51 Å². The van der Waals surface area contributed by atoms with Crippen LogP contribution >= 0.6 is 11.3 Å². The van der Waals surface area contributed by atoms with E-state index in [0.717, 1.165) is 25.2 Å². The van der Waals surface area contributed by atoms with Gasteiger partial charge in [-0.2, -0.15) is 0 Å². The number of aryl methyl sites for hydroxylation is 1. The molecule has 0 aromatic carbocycles. The summed E-state index contributed by atoms with van der Waals surface area (Å²) in [5.74, 6) is 0. The molecule has 0 aliphatic heterocycles. The number of ether oxygens (including phenoxy) is 1. The second-order valence-electron chi connectivity index (χ2n) is 5.32. The van der Waals surface area contributed by atoms with Crippen molar-refractivity contribution in [3.05, 3.63) is 16.1 Å².